The van der Waals surface area contributed by atoms with Crippen LogP contribution in [0.2, 0.25) is 5.02 Å². The topological polar surface area (TPSA) is 61.4 Å². The number of nitrogens with zero attached hydrogens (tertiary/aromatic N) is 4. The maximum absolute atomic E-state index is 13.5. The van der Waals surface area contributed by atoms with Gasteiger partial charge in [-0.3, -0.25) is 4.79 Å². The van der Waals surface area contributed by atoms with Crippen LogP contribution in [0.1, 0.15) is 16.9 Å². The Morgan fingerprint density at radius 2 is 2.23 bits per heavy atom. The van der Waals surface area contributed by atoms with Gasteiger partial charge in [0.2, 0.25) is 5.91 Å². The van der Waals surface area contributed by atoms with Gasteiger partial charge in [0, 0.05) is 23.7 Å². The number of benzene rings is 1. The van der Waals surface area contributed by atoms with Crippen LogP contribution in [0.4, 0.5) is 15.9 Å². The standard InChI is InChI=1S/C22H23ClFN5OS/c1-28(2)9-4-3-5-19(30)29-10-8-15-18(12-29)31-22-20(15)21(25-13-26-22)27-14-6-7-17(24)16(23)11-14/h3,5-7,11,13H,4,8-10,12H2,1-2H3,(H,25,26,27)/b5-3+. The average Bonchev–Trinajstić information content (AvgIpc) is 3.12. The normalized spacial score (nSPS) is 13.9. The lowest BCUT2D eigenvalue weighted by molar-refractivity contribution is -0.126. The van der Waals surface area contributed by atoms with Gasteiger partial charge in [0.05, 0.1) is 17.0 Å². The summed E-state index contributed by atoms with van der Waals surface area (Å²) in [6, 6.07) is 4.48. The molecule has 0 unspecified atom stereocenters. The number of carbonyl (C=O) groups excluding carboxylic acids is 1. The quantitative estimate of drug-likeness (QED) is 0.545. The summed E-state index contributed by atoms with van der Waals surface area (Å²) in [4.78, 5) is 27.4. The first-order valence-electron chi connectivity index (χ1n) is 10.00. The number of hydrogen-bond donors (Lipinski definition) is 1. The van der Waals surface area contributed by atoms with Crippen LogP contribution in [0.15, 0.2) is 36.7 Å². The number of amides is 1. The van der Waals surface area contributed by atoms with Gasteiger partial charge in [-0.25, -0.2) is 14.4 Å². The van der Waals surface area contributed by atoms with E-state index in [9.17, 15) is 9.18 Å². The number of thiophene rings is 1. The summed E-state index contributed by atoms with van der Waals surface area (Å²) in [5.74, 6) is 0.231. The lowest BCUT2D eigenvalue weighted by Gasteiger charge is -2.26. The van der Waals surface area contributed by atoms with Gasteiger partial charge < -0.3 is 15.1 Å². The predicted molar refractivity (Wildman–Crippen MR) is 124 cm³/mol. The lowest BCUT2D eigenvalue weighted by atomic mass is 10.0. The lowest BCUT2D eigenvalue weighted by Crippen LogP contribution is -2.34. The molecule has 0 saturated heterocycles. The number of aromatic nitrogens is 2. The molecule has 0 bridgehead atoms. The van der Waals surface area contributed by atoms with E-state index in [1.54, 1.807) is 23.5 Å². The highest BCUT2D eigenvalue weighted by atomic mass is 35.5. The Morgan fingerprint density at radius 3 is 3.00 bits per heavy atom. The van der Waals surface area contributed by atoms with Crippen LogP contribution in [0.25, 0.3) is 10.2 Å². The number of anilines is 2. The third-order valence-corrected chi connectivity index (χ3v) is 6.55. The molecule has 0 radical (unpaired) electrons. The highest BCUT2D eigenvalue weighted by molar-refractivity contribution is 7.19. The zero-order valence-corrected chi connectivity index (χ0v) is 18.9. The van der Waals surface area contributed by atoms with E-state index in [4.69, 9.17) is 11.6 Å². The average molecular weight is 460 g/mol. The third kappa shape index (κ3) is 4.87. The number of carbonyl (C=O) groups is 1. The van der Waals surface area contributed by atoms with Crippen molar-refractivity contribution in [1.29, 1.82) is 0 Å². The fraction of sp³-hybridized carbons (Fsp3) is 0.318. The van der Waals surface area contributed by atoms with Gasteiger partial charge in [0.25, 0.3) is 0 Å². The zero-order chi connectivity index (χ0) is 22.0. The minimum atomic E-state index is -0.464. The van der Waals surface area contributed by atoms with Gasteiger partial charge in [-0.15, -0.1) is 11.3 Å². The van der Waals surface area contributed by atoms with Crippen LogP contribution in [0.5, 0.6) is 0 Å². The number of nitrogens with one attached hydrogen (secondary N) is 1. The molecule has 3 aromatic rings. The summed E-state index contributed by atoms with van der Waals surface area (Å²) in [6.07, 6.45) is 6.70. The number of halogens is 2. The van der Waals surface area contributed by atoms with E-state index in [1.165, 1.54) is 18.5 Å². The molecule has 3 heterocycles. The maximum atomic E-state index is 13.5. The zero-order valence-electron chi connectivity index (χ0n) is 17.4. The van der Waals surface area contributed by atoms with Crippen molar-refractivity contribution in [2.75, 3.05) is 32.5 Å². The van der Waals surface area contributed by atoms with Crippen LogP contribution in [-0.4, -0.2) is 52.9 Å². The van der Waals surface area contributed by atoms with E-state index < -0.39 is 5.82 Å². The summed E-state index contributed by atoms with van der Waals surface area (Å²) in [5.41, 5.74) is 1.82. The molecular formula is C22H23ClFN5OS. The molecule has 162 valence electrons. The first-order chi connectivity index (χ1) is 14.9. The van der Waals surface area contributed by atoms with Crippen LogP contribution in [0.3, 0.4) is 0 Å². The van der Waals surface area contributed by atoms with Gasteiger partial charge >= 0.3 is 0 Å². The monoisotopic (exact) mass is 459 g/mol. The third-order valence-electron chi connectivity index (χ3n) is 5.13. The van der Waals surface area contributed by atoms with Gasteiger partial charge in [-0.2, -0.15) is 0 Å². The summed E-state index contributed by atoms with van der Waals surface area (Å²) >= 11 is 7.49. The molecule has 1 N–H and O–H groups in total. The molecule has 6 nitrogen and oxygen atoms in total. The highest BCUT2D eigenvalue weighted by Gasteiger charge is 2.25. The van der Waals surface area contributed by atoms with Gasteiger partial charge in [-0.1, -0.05) is 17.7 Å². The van der Waals surface area contributed by atoms with E-state index in [1.807, 2.05) is 25.1 Å². The van der Waals surface area contributed by atoms with E-state index >= 15 is 0 Å². The molecule has 0 fully saturated rings. The van der Waals surface area contributed by atoms with Gasteiger partial charge in [0.15, 0.2) is 0 Å². The van der Waals surface area contributed by atoms with Crippen LogP contribution < -0.4 is 5.32 Å². The largest absolute Gasteiger partial charge is 0.340 e. The molecule has 2 aromatic heterocycles. The molecule has 1 aliphatic heterocycles. The van der Waals surface area contributed by atoms with Crippen molar-refractivity contribution >= 4 is 50.6 Å². The number of rotatable bonds is 6. The Morgan fingerprint density at radius 1 is 1.39 bits per heavy atom. The fourth-order valence-electron chi connectivity index (χ4n) is 3.54. The van der Waals surface area contributed by atoms with Crippen molar-refractivity contribution < 1.29 is 9.18 Å². The Kier molecular flexibility index (Phi) is 6.50. The Bertz CT molecular complexity index is 1150. The van der Waals surface area contributed by atoms with Crippen molar-refractivity contribution in [3.05, 3.63) is 58.0 Å². The van der Waals surface area contributed by atoms with Gasteiger partial charge in [-0.05, 0) is 56.8 Å². The Labute approximate surface area is 189 Å². The maximum Gasteiger partial charge on any atom is 0.246 e. The molecule has 0 atom stereocenters. The van der Waals surface area contributed by atoms with E-state index in [-0.39, 0.29) is 10.9 Å². The van der Waals surface area contributed by atoms with Crippen molar-refractivity contribution in [1.82, 2.24) is 19.8 Å². The minimum Gasteiger partial charge on any atom is -0.340 e. The van der Waals surface area contributed by atoms with Crippen molar-refractivity contribution in [3.63, 3.8) is 0 Å². The molecule has 1 aliphatic rings. The van der Waals surface area contributed by atoms with Crippen molar-refractivity contribution in [2.45, 2.75) is 19.4 Å². The second-order valence-electron chi connectivity index (χ2n) is 7.66. The molecule has 0 saturated carbocycles. The van der Waals surface area contributed by atoms with E-state index in [0.717, 1.165) is 40.0 Å². The first kappa shape index (κ1) is 21.7. The van der Waals surface area contributed by atoms with E-state index in [2.05, 4.69) is 20.2 Å². The van der Waals surface area contributed by atoms with Crippen molar-refractivity contribution in [3.8, 4) is 0 Å². The molecule has 4 rings (SSSR count). The molecule has 31 heavy (non-hydrogen) atoms. The minimum absolute atomic E-state index is 0.0345. The summed E-state index contributed by atoms with van der Waals surface area (Å²) in [5, 5.41) is 4.24. The number of hydrogen-bond acceptors (Lipinski definition) is 6. The summed E-state index contributed by atoms with van der Waals surface area (Å²) < 4.78 is 13.5. The molecule has 0 spiro atoms. The molecule has 1 aromatic carbocycles. The van der Waals surface area contributed by atoms with Crippen LogP contribution in [0, 0.1) is 5.82 Å². The Balaban J connectivity index is 1.54. The Hall–Kier alpha value is -2.55. The molecule has 9 heteroatoms. The first-order valence-corrected chi connectivity index (χ1v) is 11.2. The van der Waals surface area contributed by atoms with Crippen LogP contribution in [-0.2, 0) is 17.8 Å². The van der Waals surface area contributed by atoms with Crippen LogP contribution >= 0.6 is 22.9 Å². The number of fused-ring (bicyclic) bond motifs is 3. The van der Waals surface area contributed by atoms with Gasteiger partial charge in [0.1, 0.15) is 22.8 Å². The molecule has 0 aliphatic carbocycles. The highest BCUT2D eigenvalue weighted by Crippen LogP contribution is 2.38. The SMILES string of the molecule is CN(C)CC/C=C/C(=O)N1CCc2c(sc3ncnc(Nc4ccc(F)c(Cl)c4)c23)C1. The summed E-state index contributed by atoms with van der Waals surface area (Å²) in [6.45, 7) is 2.12. The summed E-state index contributed by atoms with van der Waals surface area (Å²) in [7, 11) is 4.03. The second-order valence-corrected chi connectivity index (χ2v) is 9.16. The fourth-order valence-corrected chi connectivity index (χ4v) is 4.93. The smallest absolute Gasteiger partial charge is 0.246 e. The molecule has 1 amide bonds. The van der Waals surface area contributed by atoms with E-state index in [0.29, 0.717) is 24.6 Å². The van der Waals surface area contributed by atoms with Crippen molar-refractivity contribution in [2.24, 2.45) is 0 Å². The predicted octanol–water partition coefficient (Wildman–Crippen LogP) is 4.62. The second kappa shape index (κ2) is 9.30. The molecular weight excluding hydrogens is 437 g/mol.